The third-order valence-electron chi connectivity index (χ3n) is 1.78. The van der Waals surface area contributed by atoms with Gasteiger partial charge >= 0.3 is 0 Å². The topological polar surface area (TPSA) is 37.3 Å². The molecule has 1 rings (SSSR count). The summed E-state index contributed by atoms with van der Waals surface area (Å²) in [5.74, 6) is -0.0510. The maximum Gasteiger partial charge on any atom is 0.163 e. The summed E-state index contributed by atoms with van der Waals surface area (Å²) in [4.78, 5) is 11.2. The summed E-state index contributed by atoms with van der Waals surface area (Å²) in [6.45, 7) is 2.96. The Kier molecular flexibility index (Phi) is 2.85. The first kappa shape index (κ1) is 9.52. The lowest BCUT2D eigenvalue weighted by molar-refractivity contribution is -0.111. The molecule has 0 aromatic heterocycles. The summed E-state index contributed by atoms with van der Waals surface area (Å²) in [6.07, 6.45) is 0. The van der Waals surface area contributed by atoms with Crippen molar-refractivity contribution >= 4 is 11.4 Å². The highest BCUT2D eigenvalue weighted by molar-refractivity contribution is 6.19. The van der Waals surface area contributed by atoms with Crippen LogP contribution in [0.3, 0.4) is 0 Å². The van der Waals surface area contributed by atoms with Gasteiger partial charge in [0.15, 0.2) is 5.78 Å². The molecule has 0 atom stereocenters. The van der Waals surface area contributed by atoms with Crippen LogP contribution >= 0.6 is 0 Å². The standard InChI is InChI=1S/C11H12O2/c1-8(12)11(9(2)13)10-6-4-3-5-7-10/h3-7,12H,1-2H3/b11-8-. The average Bonchev–Trinajstić information content (AvgIpc) is 2.04. The Balaban J connectivity index is 3.20. The van der Waals surface area contributed by atoms with Gasteiger partial charge in [-0.25, -0.2) is 0 Å². The van der Waals surface area contributed by atoms with E-state index in [1.54, 1.807) is 12.1 Å². The third kappa shape index (κ3) is 2.18. The van der Waals surface area contributed by atoms with Gasteiger partial charge in [0.25, 0.3) is 0 Å². The number of hydrogen-bond donors (Lipinski definition) is 1. The van der Waals surface area contributed by atoms with Crippen molar-refractivity contribution in [3.05, 3.63) is 41.7 Å². The Bertz CT molecular complexity index is 332. The lowest BCUT2D eigenvalue weighted by Gasteiger charge is -2.04. The van der Waals surface area contributed by atoms with E-state index in [1.165, 1.54) is 13.8 Å². The number of aliphatic hydroxyl groups is 1. The van der Waals surface area contributed by atoms with Gasteiger partial charge in [0.05, 0.1) is 5.57 Å². The minimum Gasteiger partial charge on any atom is -0.512 e. The molecule has 1 aromatic rings. The summed E-state index contributed by atoms with van der Waals surface area (Å²) in [6, 6.07) is 9.14. The maximum atomic E-state index is 11.2. The minimum atomic E-state index is -0.119. The summed E-state index contributed by atoms with van der Waals surface area (Å²) in [5.41, 5.74) is 1.15. The molecule has 0 saturated heterocycles. The zero-order valence-corrected chi connectivity index (χ0v) is 7.74. The van der Waals surface area contributed by atoms with Crippen LogP contribution < -0.4 is 0 Å². The van der Waals surface area contributed by atoms with Crippen LogP contribution in [0.15, 0.2) is 36.1 Å². The van der Waals surface area contributed by atoms with Crippen LogP contribution in [0, 0.1) is 0 Å². The summed E-state index contributed by atoms with van der Waals surface area (Å²) in [5, 5.41) is 9.29. The van der Waals surface area contributed by atoms with Gasteiger partial charge in [0.1, 0.15) is 5.76 Å². The Morgan fingerprint density at radius 2 is 1.69 bits per heavy atom. The van der Waals surface area contributed by atoms with Crippen LogP contribution in [-0.4, -0.2) is 10.9 Å². The first-order valence-electron chi connectivity index (χ1n) is 4.09. The Morgan fingerprint density at radius 3 is 2.08 bits per heavy atom. The van der Waals surface area contributed by atoms with Crippen molar-refractivity contribution < 1.29 is 9.90 Å². The highest BCUT2D eigenvalue weighted by atomic mass is 16.3. The number of allylic oxidation sites excluding steroid dienone is 2. The van der Waals surface area contributed by atoms with Crippen molar-refractivity contribution in [3.8, 4) is 0 Å². The Hall–Kier alpha value is -1.57. The molecular weight excluding hydrogens is 164 g/mol. The van der Waals surface area contributed by atoms with E-state index in [2.05, 4.69) is 0 Å². The van der Waals surface area contributed by atoms with E-state index in [0.717, 1.165) is 5.56 Å². The quantitative estimate of drug-likeness (QED) is 0.555. The molecule has 0 aliphatic heterocycles. The second kappa shape index (κ2) is 3.90. The van der Waals surface area contributed by atoms with Crippen molar-refractivity contribution in [1.29, 1.82) is 0 Å². The smallest absolute Gasteiger partial charge is 0.163 e. The maximum absolute atomic E-state index is 11.2. The molecular formula is C11H12O2. The molecule has 1 N–H and O–H groups in total. The fourth-order valence-electron chi connectivity index (χ4n) is 1.27. The molecule has 0 spiro atoms. The van der Waals surface area contributed by atoms with E-state index in [1.807, 2.05) is 18.2 Å². The van der Waals surface area contributed by atoms with Gasteiger partial charge in [-0.15, -0.1) is 0 Å². The number of benzene rings is 1. The number of rotatable bonds is 2. The molecule has 68 valence electrons. The second-order valence-electron chi connectivity index (χ2n) is 2.88. The fourth-order valence-corrected chi connectivity index (χ4v) is 1.27. The van der Waals surface area contributed by atoms with E-state index in [0.29, 0.717) is 5.57 Å². The SMILES string of the molecule is CC(=O)/C(=C(\C)O)c1ccccc1. The number of carbonyl (C=O) groups is 1. The molecule has 0 saturated carbocycles. The van der Waals surface area contributed by atoms with Crippen molar-refractivity contribution in [3.63, 3.8) is 0 Å². The van der Waals surface area contributed by atoms with Gasteiger partial charge in [-0.3, -0.25) is 4.79 Å². The lowest BCUT2D eigenvalue weighted by Crippen LogP contribution is -1.98. The van der Waals surface area contributed by atoms with Gasteiger partial charge in [-0.2, -0.15) is 0 Å². The van der Waals surface area contributed by atoms with Crippen LogP contribution in [0.5, 0.6) is 0 Å². The molecule has 0 aliphatic carbocycles. The van der Waals surface area contributed by atoms with Crippen LogP contribution in [0.1, 0.15) is 19.4 Å². The zero-order chi connectivity index (χ0) is 9.84. The van der Waals surface area contributed by atoms with E-state index in [4.69, 9.17) is 0 Å². The summed E-state index contributed by atoms with van der Waals surface area (Å²) in [7, 11) is 0. The average molecular weight is 176 g/mol. The van der Waals surface area contributed by atoms with Gasteiger partial charge in [0, 0.05) is 0 Å². The number of hydrogen-bond acceptors (Lipinski definition) is 2. The molecule has 0 heterocycles. The number of ketones is 1. The molecule has 0 unspecified atom stereocenters. The van der Waals surface area contributed by atoms with Crippen LogP contribution in [-0.2, 0) is 4.79 Å². The largest absolute Gasteiger partial charge is 0.512 e. The number of aliphatic hydroxyl groups excluding tert-OH is 1. The predicted octanol–water partition coefficient (Wildman–Crippen LogP) is 2.56. The third-order valence-corrected chi connectivity index (χ3v) is 1.78. The first-order valence-corrected chi connectivity index (χ1v) is 4.09. The van der Waals surface area contributed by atoms with E-state index in [9.17, 15) is 9.90 Å². The van der Waals surface area contributed by atoms with E-state index >= 15 is 0 Å². The monoisotopic (exact) mass is 176 g/mol. The molecule has 0 aliphatic rings. The summed E-state index contributed by atoms with van der Waals surface area (Å²) < 4.78 is 0. The number of Topliss-reactive ketones (excluding diaryl/α,β-unsaturated/α-hetero) is 1. The fraction of sp³-hybridized carbons (Fsp3) is 0.182. The molecule has 2 heteroatoms. The normalized spacial score (nSPS) is 12.2. The zero-order valence-electron chi connectivity index (χ0n) is 7.74. The summed E-state index contributed by atoms with van der Waals surface area (Å²) >= 11 is 0. The van der Waals surface area contributed by atoms with E-state index < -0.39 is 0 Å². The van der Waals surface area contributed by atoms with Crippen LogP contribution in [0.4, 0.5) is 0 Å². The first-order chi connectivity index (χ1) is 6.13. The molecule has 0 fully saturated rings. The van der Waals surface area contributed by atoms with Gasteiger partial charge in [-0.05, 0) is 19.4 Å². The second-order valence-corrected chi connectivity index (χ2v) is 2.88. The van der Waals surface area contributed by atoms with Gasteiger partial charge < -0.3 is 5.11 Å². The highest BCUT2D eigenvalue weighted by Crippen LogP contribution is 2.17. The molecule has 0 amide bonds. The molecule has 0 bridgehead atoms. The molecule has 0 radical (unpaired) electrons. The minimum absolute atomic E-state index is 0.0682. The van der Waals surface area contributed by atoms with Crippen molar-refractivity contribution in [2.45, 2.75) is 13.8 Å². The molecule has 13 heavy (non-hydrogen) atoms. The predicted molar refractivity (Wildman–Crippen MR) is 52.3 cm³/mol. The molecule has 1 aromatic carbocycles. The van der Waals surface area contributed by atoms with Gasteiger partial charge in [0.2, 0.25) is 0 Å². The Labute approximate surface area is 77.5 Å². The van der Waals surface area contributed by atoms with Crippen molar-refractivity contribution in [1.82, 2.24) is 0 Å². The van der Waals surface area contributed by atoms with Gasteiger partial charge in [-0.1, -0.05) is 30.3 Å². The Morgan fingerprint density at radius 1 is 1.15 bits per heavy atom. The number of carbonyl (C=O) groups excluding carboxylic acids is 1. The molecule has 2 nitrogen and oxygen atoms in total. The lowest BCUT2D eigenvalue weighted by atomic mass is 10.0. The van der Waals surface area contributed by atoms with E-state index in [-0.39, 0.29) is 11.5 Å². The van der Waals surface area contributed by atoms with Crippen molar-refractivity contribution in [2.75, 3.05) is 0 Å². The highest BCUT2D eigenvalue weighted by Gasteiger charge is 2.09. The van der Waals surface area contributed by atoms with Crippen LogP contribution in [0.25, 0.3) is 5.57 Å². The van der Waals surface area contributed by atoms with Crippen molar-refractivity contribution in [2.24, 2.45) is 0 Å². The van der Waals surface area contributed by atoms with Crippen LogP contribution in [0.2, 0.25) is 0 Å².